The van der Waals surface area contributed by atoms with Crippen LogP contribution >= 0.6 is 0 Å². The van der Waals surface area contributed by atoms with Gasteiger partial charge in [-0.25, -0.2) is 0 Å². The van der Waals surface area contributed by atoms with E-state index in [4.69, 9.17) is 3.80 Å². The van der Waals surface area contributed by atoms with E-state index in [-0.39, 0.29) is 78.7 Å². The van der Waals surface area contributed by atoms with Crippen LogP contribution in [0, 0.1) is 0 Å². The molecular formula is H4AgAl2OZn2. The molecule has 0 rings (SSSR count). The average molecular weight is 313 g/mol. The van der Waals surface area contributed by atoms with E-state index in [0.717, 1.165) is 0 Å². The second-order valence-electron chi connectivity index (χ2n) is 0. The van der Waals surface area contributed by atoms with E-state index < -0.39 is 0 Å². The van der Waals surface area contributed by atoms with Gasteiger partial charge in [-0.2, -0.15) is 0 Å². The van der Waals surface area contributed by atoms with Gasteiger partial charge >= 0.3 is 20.0 Å². The Morgan fingerprint density at radius 3 is 1.00 bits per heavy atom. The maximum atomic E-state index is 8.28. The predicted octanol–water partition coefficient (Wildman–Crippen LogP) is -1.96. The van der Waals surface area contributed by atoms with E-state index in [1.54, 1.807) is 0 Å². The summed E-state index contributed by atoms with van der Waals surface area (Å²) in [6.07, 6.45) is 0. The van der Waals surface area contributed by atoms with Gasteiger partial charge < -0.3 is 0 Å². The molecule has 0 fully saturated rings. The van der Waals surface area contributed by atoms with Crippen LogP contribution in [0.2, 0.25) is 0 Å². The molecule has 0 aromatic rings. The van der Waals surface area contributed by atoms with Crippen molar-refractivity contribution in [3.05, 3.63) is 0 Å². The summed E-state index contributed by atoms with van der Waals surface area (Å²) in [7, 11) is 0. The zero-order valence-corrected chi connectivity index (χ0v) is 11.7. The van der Waals surface area contributed by atoms with Gasteiger partial charge in [-0.1, -0.05) is 0 Å². The van der Waals surface area contributed by atoms with E-state index in [1.807, 2.05) is 0 Å². The minimum absolute atomic E-state index is 0. The Balaban J connectivity index is -0.000000000833. The van der Waals surface area contributed by atoms with Gasteiger partial charge in [-0.05, 0) is 0 Å². The first-order chi connectivity index (χ1) is 1.00. The molecule has 6 heteroatoms. The van der Waals surface area contributed by atoms with Gasteiger partial charge in [0.25, 0.3) is 0 Å². The number of rotatable bonds is 0. The summed E-state index contributed by atoms with van der Waals surface area (Å²) >= 11 is 0.611. The SMILES string of the molecule is [Ag].[AlH3].[O]=[AlH].[Zn].[Zn]. The molecule has 0 saturated heterocycles. The normalized spacial score (nSPS) is 0.500. The molecule has 0 unspecified atom stereocenters. The van der Waals surface area contributed by atoms with E-state index in [9.17, 15) is 0 Å². The summed E-state index contributed by atoms with van der Waals surface area (Å²) in [6.45, 7) is 0. The summed E-state index contributed by atoms with van der Waals surface area (Å²) in [5.41, 5.74) is 0. The molecule has 0 heterocycles. The van der Waals surface area contributed by atoms with Crippen molar-refractivity contribution >= 4 is 33.6 Å². The van der Waals surface area contributed by atoms with Gasteiger partial charge in [0.05, 0.1) is 0 Å². The second-order valence-corrected chi connectivity index (χ2v) is 0. The Morgan fingerprint density at radius 2 is 1.00 bits per heavy atom. The fourth-order valence-corrected chi connectivity index (χ4v) is 0. The van der Waals surface area contributed by atoms with Crippen molar-refractivity contribution in [1.82, 2.24) is 0 Å². The Hall–Kier alpha value is 2.85. The minimum atomic E-state index is 0. The molecule has 0 saturated carbocycles. The van der Waals surface area contributed by atoms with Gasteiger partial charge in [0.1, 0.15) is 0 Å². The Bertz CT molecular complexity index is 11.5. The molecule has 1 radical (unpaired) electrons. The largest absolute Gasteiger partial charge is 0 e. The van der Waals surface area contributed by atoms with Gasteiger partial charge in [0.2, 0.25) is 0 Å². The molecule has 0 aliphatic heterocycles. The van der Waals surface area contributed by atoms with Crippen molar-refractivity contribution in [3.8, 4) is 0 Å². The minimum Gasteiger partial charge on any atom is 0 e. The van der Waals surface area contributed by atoms with Gasteiger partial charge in [0.15, 0.2) is 17.4 Å². The summed E-state index contributed by atoms with van der Waals surface area (Å²) in [5.74, 6) is 0. The third-order valence-electron chi connectivity index (χ3n) is 0. The van der Waals surface area contributed by atoms with Crippen LogP contribution in [0.3, 0.4) is 0 Å². The fourth-order valence-electron chi connectivity index (χ4n) is 0. The maximum absolute atomic E-state index is 8.28. The first kappa shape index (κ1) is 36.8. The smallest absolute Gasteiger partial charge is 0 e. The van der Waals surface area contributed by atoms with Crippen LogP contribution in [-0.4, -0.2) is 33.6 Å². The van der Waals surface area contributed by atoms with E-state index >= 15 is 0 Å². The molecule has 0 aliphatic rings. The Labute approximate surface area is 97.2 Å². The molecule has 6 heavy (non-hydrogen) atoms. The monoisotopic (exact) mass is 309 g/mol. The number of hydrogen-bond acceptors (Lipinski definition) is 1. The van der Waals surface area contributed by atoms with Crippen LogP contribution in [0.15, 0.2) is 0 Å². The molecule has 31 valence electrons. The summed E-state index contributed by atoms with van der Waals surface area (Å²) in [5, 5.41) is 0. The molecule has 0 spiro atoms. The van der Waals surface area contributed by atoms with Crippen molar-refractivity contribution in [3.63, 3.8) is 0 Å². The molecule has 1 nitrogen and oxygen atoms in total. The average Bonchev–Trinajstić information content (AvgIpc) is 1.00. The quantitative estimate of drug-likeness (QED) is 0.475. The van der Waals surface area contributed by atoms with Crippen LogP contribution < -0.4 is 0 Å². The van der Waals surface area contributed by atoms with Crippen molar-refractivity contribution < 1.29 is 65.1 Å². The maximum Gasteiger partial charge on any atom is 0 e. The van der Waals surface area contributed by atoms with Gasteiger partial charge in [-0.3, -0.25) is 0 Å². The van der Waals surface area contributed by atoms with E-state index in [0.29, 0.717) is 16.2 Å². The molecule has 0 N–H and O–H groups in total. The van der Waals surface area contributed by atoms with Crippen molar-refractivity contribution in [2.24, 2.45) is 0 Å². The molecule has 0 aliphatic carbocycles. The van der Waals surface area contributed by atoms with Crippen molar-refractivity contribution in [2.75, 3.05) is 0 Å². The fraction of sp³-hybridized carbons (Fsp3) is 0. The third kappa shape index (κ3) is 28.8. The molecule has 0 aromatic carbocycles. The van der Waals surface area contributed by atoms with E-state index in [2.05, 4.69) is 0 Å². The Morgan fingerprint density at radius 1 is 1.00 bits per heavy atom. The standard InChI is InChI=1S/Ag.2Al.O.2Zn.4H. The van der Waals surface area contributed by atoms with Crippen LogP contribution in [-0.2, 0) is 65.1 Å². The summed E-state index contributed by atoms with van der Waals surface area (Å²) in [4.78, 5) is 0. The molecular weight excluding hydrogens is 309 g/mol. The topological polar surface area (TPSA) is 17.1 Å². The zero-order chi connectivity index (χ0) is 2.00. The molecule has 0 bridgehead atoms. The van der Waals surface area contributed by atoms with Crippen LogP contribution in [0.4, 0.5) is 0 Å². The second kappa shape index (κ2) is 45.3. The molecule has 0 aromatic heterocycles. The molecule has 0 amide bonds. The summed E-state index contributed by atoms with van der Waals surface area (Å²) < 4.78 is 8.28. The van der Waals surface area contributed by atoms with Crippen LogP contribution in [0.5, 0.6) is 0 Å². The third-order valence-corrected chi connectivity index (χ3v) is 0. The molecule has 0 atom stereocenters. The first-order valence-corrected chi connectivity index (χ1v) is 0.866. The zero-order valence-electron chi connectivity index (χ0n) is 2.83. The van der Waals surface area contributed by atoms with E-state index in [1.165, 1.54) is 0 Å². The first-order valence-electron chi connectivity index (χ1n) is 0.289. The van der Waals surface area contributed by atoms with Crippen molar-refractivity contribution in [2.45, 2.75) is 0 Å². The predicted molar refractivity (Wildman–Crippen MR) is 17.8 cm³/mol. The summed E-state index contributed by atoms with van der Waals surface area (Å²) in [6, 6.07) is 0. The van der Waals surface area contributed by atoms with Crippen LogP contribution in [0.1, 0.15) is 0 Å². The van der Waals surface area contributed by atoms with Gasteiger partial charge in [-0.15, -0.1) is 0 Å². The van der Waals surface area contributed by atoms with Crippen molar-refractivity contribution in [1.29, 1.82) is 0 Å². The van der Waals surface area contributed by atoms with Gasteiger partial charge in [0, 0.05) is 61.3 Å². The van der Waals surface area contributed by atoms with Crippen LogP contribution in [0.25, 0.3) is 0 Å². The number of hydrogen-bond donors (Lipinski definition) is 0. The Kier molecular flexibility index (Phi) is 278.